The lowest BCUT2D eigenvalue weighted by Gasteiger charge is -2.12. The van der Waals surface area contributed by atoms with Crippen LogP contribution in [-0.2, 0) is 4.79 Å². The summed E-state index contributed by atoms with van der Waals surface area (Å²) in [6.07, 6.45) is 0.273. The Morgan fingerprint density at radius 1 is 0.853 bits per heavy atom. The fraction of sp³-hybridized carbons (Fsp3) is 0.154. The molecule has 0 spiro atoms. The second kappa shape index (κ2) is 11.3. The summed E-state index contributed by atoms with van der Waals surface area (Å²) in [5.41, 5.74) is 3.95. The number of methoxy groups -OCH3 is 2. The molecule has 0 aliphatic heterocycles. The zero-order chi connectivity index (χ0) is 23.8. The van der Waals surface area contributed by atoms with Crippen LogP contribution in [0, 0.1) is 0 Å². The van der Waals surface area contributed by atoms with Gasteiger partial charge in [-0.2, -0.15) is 0 Å². The number of carbonyl (C=O) groups is 1. The van der Waals surface area contributed by atoms with Crippen LogP contribution in [0.3, 0.4) is 0 Å². The summed E-state index contributed by atoms with van der Waals surface area (Å²) in [5, 5.41) is 12.2. The first-order chi connectivity index (χ1) is 16.7. The molecule has 0 fully saturated rings. The number of aromatic nitrogens is 3. The number of nitrogens with zero attached hydrogens (tertiary/aromatic N) is 3. The molecule has 0 bridgehead atoms. The third kappa shape index (κ3) is 5.71. The highest BCUT2D eigenvalue weighted by atomic mass is 32.2. The molecular weight excluding hydrogens is 448 g/mol. The minimum atomic E-state index is -0.142. The van der Waals surface area contributed by atoms with Gasteiger partial charge in [-0.25, -0.2) is 4.98 Å². The molecule has 0 aliphatic rings. The van der Waals surface area contributed by atoms with Crippen molar-refractivity contribution in [1.82, 2.24) is 15.2 Å². The van der Waals surface area contributed by atoms with Crippen LogP contribution in [0.25, 0.3) is 22.5 Å². The van der Waals surface area contributed by atoms with Gasteiger partial charge in [-0.05, 0) is 12.1 Å². The number of ether oxygens (including phenoxy) is 2. The van der Waals surface area contributed by atoms with Crippen LogP contribution >= 0.6 is 11.8 Å². The van der Waals surface area contributed by atoms with Crippen LogP contribution in [0.1, 0.15) is 6.42 Å². The molecule has 1 aromatic heterocycles. The summed E-state index contributed by atoms with van der Waals surface area (Å²) in [7, 11) is 3.13. The highest BCUT2D eigenvalue weighted by molar-refractivity contribution is 7.99. The Bertz CT molecular complexity index is 1250. The Balaban J connectivity index is 1.46. The molecule has 8 heteroatoms. The standard InChI is InChI=1S/C26H24N4O3S/c1-32-20-13-14-22(33-2)21(17-20)27-23(31)15-16-34-26-28-24(18-9-5-3-6-10-18)25(29-30-26)19-11-7-4-8-12-19/h3-14,17H,15-16H2,1-2H3,(H,27,31). The smallest absolute Gasteiger partial charge is 0.225 e. The maximum atomic E-state index is 12.5. The largest absolute Gasteiger partial charge is 0.497 e. The fourth-order valence-electron chi connectivity index (χ4n) is 3.32. The van der Waals surface area contributed by atoms with Gasteiger partial charge in [0.15, 0.2) is 0 Å². The Kier molecular flexibility index (Phi) is 7.72. The number of amides is 1. The van der Waals surface area contributed by atoms with Crippen LogP contribution < -0.4 is 14.8 Å². The maximum absolute atomic E-state index is 12.5. The molecule has 0 saturated carbocycles. The molecule has 0 aliphatic carbocycles. The molecule has 0 saturated heterocycles. The Labute approximate surface area is 202 Å². The van der Waals surface area contributed by atoms with Crippen molar-refractivity contribution in [3.05, 3.63) is 78.9 Å². The fourth-order valence-corrected chi connectivity index (χ4v) is 4.04. The van der Waals surface area contributed by atoms with E-state index in [0.717, 1.165) is 22.5 Å². The second-order valence-corrected chi connectivity index (χ2v) is 8.30. The minimum Gasteiger partial charge on any atom is -0.497 e. The predicted molar refractivity (Wildman–Crippen MR) is 134 cm³/mol. The first-order valence-corrected chi connectivity index (χ1v) is 11.7. The Morgan fingerprint density at radius 3 is 2.18 bits per heavy atom. The monoisotopic (exact) mass is 472 g/mol. The predicted octanol–water partition coefficient (Wildman–Crippen LogP) is 5.34. The van der Waals surface area contributed by atoms with E-state index in [1.165, 1.54) is 11.8 Å². The summed E-state index contributed by atoms with van der Waals surface area (Å²) in [6.45, 7) is 0. The van der Waals surface area contributed by atoms with Gasteiger partial charge in [-0.15, -0.1) is 10.2 Å². The molecule has 1 heterocycles. The van der Waals surface area contributed by atoms with Crippen molar-refractivity contribution >= 4 is 23.4 Å². The zero-order valence-electron chi connectivity index (χ0n) is 18.9. The molecule has 0 unspecified atom stereocenters. The van der Waals surface area contributed by atoms with Crippen LogP contribution in [0.2, 0.25) is 0 Å². The summed E-state index contributed by atoms with van der Waals surface area (Å²) in [4.78, 5) is 17.3. The van der Waals surface area contributed by atoms with E-state index in [-0.39, 0.29) is 12.3 Å². The van der Waals surface area contributed by atoms with Gasteiger partial charge in [0.1, 0.15) is 22.9 Å². The average Bonchev–Trinajstić information content (AvgIpc) is 2.89. The Hall–Kier alpha value is -3.91. The molecular formula is C26H24N4O3S. The number of hydrogen-bond acceptors (Lipinski definition) is 7. The van der Waals surface area contributed by atoms with Crippen LogP contribution in [0.4, 0.5) is 5.69 Å². The molecule has 7 nitrogen and oxygen atoms in total. The van der Waals surface area contributed by atoms with Crippen LogP contribution in [-0.4, -0.2) is 41.1 Å². The quantitative estimate of drug-likeness (QED) is 0.329. The van der Waals surface area contributed by atoms with E-state index in [2.05, 4.69) is 15.5 Å². The lowest BCUT2D eigenvalue weighted by molar-refractivity contribution is -0.115. The van der Waals surface area contributed by atoms with E-state index < -0.39 is 0 Å². The maximum Gasteiger partial charge on any atom is 0.225 e. The van der Waals surface area contributed by atoms with Gasteiger partial charge in [0.2, 0.25) is 11.1 Å². The van der Waals surface area contributed by atoms with E-state index in [0.29, 0.717) is 28.1 Å². The number of carbonyl (C=O) groups excluding carboxylic acids is 1. The Morgan fingerprint density at radius 2 is 1.53 bits per heavy atom. The SMILES string of the molecule is COc1ccc(OC)c(NC(=O)CCSc2nnc(-c3ccccc3)c(-c3ccccc3)n2)c1. The third-order valence-corrected chi connectivity index (χ3v) is 5.84. The second-order valence-electron chi connectivity index (χ2n) is 7.24. The van der Waals surface area contributed by atoms with Crippen molar-refractivity contribution in [2.45, 2.75) is 11.6 Å². The molecule has 1 amide bonds. The molecule has 34 heavy (non-hydrogen) atoms. The van der Waals surface area contributed by atoms with Crippen molar-refractivity contribution in [3.63, 3.8) is 0 Å². The van der Waals surface area contributed by atoms with Gasteiger partial charge in [-0.3, -0.25) is 4.79 Å². The first-order valence-electron chi connectivity index (χ1n) is 10.7. The number of hydrogen-bond donors (Lipinski definition) is 1. The van der Waals surface area contributed by atoms with E-state index in [1.54, 1.807) is 32.4 Å². The topological polar surface area (TPSA) is 86.2 Å². The van der Waals surface area contributed by atoms with Crippen molar-refractivity contribution < 1.29 is 14.3 Å². The lowest BCUT2D eigenvalue weighted by Crippen LogP contribution is -2.13. The number of anilines is 1. The van der Waals surface area contributed by atoms with Gasteiger partial charge in [0.05, 0.1) is 19.9 Å². The molecule has 172 valence electrons. The van der Waals surface area contributed by atoms with Crippen LogP contribution in [0.15, 0.2) is 84.0 Å². The first kappa shape index (κ1) is 23.3. The zero-order valence-corrected chi connectivity index (χ0v) is 19.7. The average molecular weight is 473 g/mol. The normalized spacial score (nSPS) is 10.5. The molecule has 4 rings (SSSR count). The molecule has 4 aromatic rings. The lowest BCUT2D eigenvalue weighted by atomic mass is 10.0. The number of nitrogens with one attached hydrogen (secondary N) is 1. The molecule has 3 aromatic carbocycles. The van der Waals surface area contributed by atoms with Gasteiger partial charge in [0, 0.05) is 29.4 Å². The number of benzene rings is 3. The highest BCUT2D eigenvalue weighted by Gasteiger charge is 2.14. The van der Waals surface area contributed by atoms with Crippen molar-refractivity contribution in [3.8, 4) is 34.0 Å². The highest BCUT2D eigenvalue weighted by Crippen LogP contribution is 2.31. The van der Waals surface area contributed by atoms with Crippen molar-refractivity contribution in [1.29, 1.82) is 0 Å². The van der Waals surface area contributed by atoms with E-state index in [9.17, 15) is 4.79 Å². The van der Waals surface area contributed by atoms with Gasteiger partial charge >= 0.3 is 0 Å². The number of rotatable bonds is 9. The molecule has 0 atom stereocenters. The van der Waals surface area contributed by atoms with Crippen molar-refractivity contribution in [2.75, 3.05) is 25.3 Å². The van der Waals surface area contributed by atoms with Gasteiger partial charge in [0.25, 0.3) is 0 Å². The molecule has 0 radical (unpaired) electrons. The van der Waals surface area contributed by atoms with E-state index in [1.807, 2.05) is 60.7 Å². The van der Waals surface area contributed by atoms with Gasteiger partial charge in [-0.1, -0.05) is 72.4 Å². The molecule has 1 N–H and O–H groups in total. The minimum absolute atomic E-state index is 0.142. The van der Waals surface area contributed by atoms with Crippen molar-refractivity contribution in [2.24, 2.45) is 0 Å². The summed E-state index contributed by atoms with van der Waals surface area (Å²) >= 11 is 1.39. The van der Waals surface area contributed by atoms with Gasteiger partial charge < -0.3 is 14.8 Å². The third-order valence-electron chi connectivity index (χ3n) is 5.00. The number of thioether (sulfide) groups is 1. The van der Waals surface area contributed by atoms with E-state index >= 15 is 0 Å². The summed E-state index contributed by atoms with van der Waals surface area (Å²) in [6, 6.07) is 25.0. The van der Waals surface area contributed by atoms with E-state index in [4.69, 9.17) is 14.5 Å². The summed E-state index contributed by atoms with van der Waals surface area (Å²) in [5.74, 6) is 1.56. The van der Waals surface area contributed by atoms with Crippen LogP contribution in [0.5, 0.6) is 11.5 Å². The summed E-state index contributed by atoms with van der Waals surface area (Å²) < 4.78 is 10.5.